The number of methoxy groups -OCH3 is 2. The molecule has 2 N–H and O–H groups in total. The van der Waals surface area contributed by atoms with Gasteiger partial charge in [-0.05, 0) is 60.2 Å². The number of hydrogen-bond acceptors (Lipinski definition) is 6. The van der Waals surface area contributed by atoms with Crippen LogP contribution in [0.2, 0.25) is 5.02 Å². The van der Waals surface area contributed by atoms with Gasteiger partial charge in [-0.1, -0.05) is 29.8 Å². The number of amides is 1. The molecule has 0 bridgehead atoms. The van der Waals surface area contributed by atoms with Crippen molar-refractivity contribution in [3.63, 3.8) is 0 Å². The average molecular weight is 525 g/mol. The number of carbonyl (C=O) groups is 1. The lowest BCUT2D eigenvalue weighted by molar-refractivity contribution is 0.0977. The molecule has 1 aliphatic heterocycles. The third-order valence-electron chi connectivity index (χ3n) is 6.06. The molecule has 0 aliphatic carbocycles. The van der Waals surface area contributed by atoms with Crippen LogP contribution in [0.4, 0.5) is 11.4 Å². The summed E-state index contributed by atoms with van der Waals surface area (Å²) in [6, 6.07) is 21.0. The second kappa shape index (κ2) is 12.1. The van der Waals surface area contributed by atoms with Gasteiger partial charge in [0.05, 0.1) is 14.2 Å². The summed E-state index contributed by atoms with van der Waals surface area (Å²) in [6.07, 6.45) is 0. The van der Waals surface area contributed by atoms with Crippen LogP contribution in [0.5, 0.6) is 11.5 Å². The van der Waals surface area contributed by atoms with Crippen molar-refractivity contribution in [2.45, 2.75) is 6.54 Å². The van der Waals surface area contributed by atoms with Crippen LogP contribution < -0.4 is 25.0 Å². The maximum atomic E-state index is 12.6. The minimum Gasteiger partial charge on any atom is -0.497 e. The Balaban J connectivity index is 1.28. The molecule has 0 aromatic heterocycles. The van der Waals surface area contributed by atoms with Crippen molar-refractivity contribution >= 4 is 46.2 Å². The van der Waals surface area contributed by atoms with Gasteiger partial charge in [-0.2, -0.15) is 0 Å². The van der Waals surface area contributed by atoms with Crippen LogP contribution in [0.25, 0.3) is 0 Å². The van der Waals surface area contributed by atoms with E-state index in [1.54, 1.807) is 18.2 Å². The van der Waals surface area contributed by atoms with E-state index in [1.807, 2.05) is 30.3 Å². The van der Waals surface area contributed by atoms with Crippen molar-refractivity contribution in [3.05, 3.63) is 82.9 Å². The van der Waals surface area contributed by atoms with Gasteiger partial charge < -0.3 is 19.7 Å². The molecule has 0 atom stereocenters. The molecular weight excluding hydrogens is 496 g/mol. The van der Waals surface area contributed by atoms with Crippen LogP contribution in [0.15, 0.2) is 66.7 Å². The number of thiocarbonyl (C=S) groups is 1. The first kappa shape index (κ1) is 25.8. The van der Waals surface area contributed by atoms with E-state index in [2.05, 4.69) is 38.6 Å². The minimum absolute atomic E-state index is 0.211. The third kappa shape index (κ3) is 6.66. The molecule has 1 amide bonds. The average Bonchev–Trinajstić information content (AvgIpc) is 2.90. The molecule has 1 heterocycles. The molecule has 0 spiro atoms. The zero-order valence-corrected chi connectivity index (χ0v) is 21.9. The maximum absolute atomic E-state index is 12.6. The summed E-state index contributed by atoms with van der Waals surface area (Å²) < 4.78 is 10.5. The highest BCUT2D eigenvalue weighted by Crippen LogP contribution is 2.23. The summed E-state index contributed by atoms with van der Waals surface area (Å²) in [7, 11) is 3.07. The molecule has 1 fully saturated rings. The van der Waals surface area contributed by atoms with Gasteiger partial charge in [0, 0.05) is 60.8 Å². The molecule has 1 aliphatic rings. The van der Waals surface area contributed by atoms with Gasteiger partial charge in [-0.25, -0.2) is 0 Å². The van der Waals surface area contributed by atoms with Gasteiger partial charge in [-0.3, -0.25) is 15.0 Å². The minimum atomic E-state index is -0.351. The Morgan fingerprint density at radius 1 is 0.944 bits per heavy atom. The van der Waals surface area contributed by atoms with Gasteiger partial charge in [0.1, 0.15) is 11.5 Å². The zero-order chi connectivity index (χ0) is 25.5. The highest BCUT2D eigenvalue weighted by Gasteiger charge is 2.18. The maximum Gasteiger partial charge on any atom is 0.257 e. The summed E-state index contributed by atoms with van der Waals surface area (Å²) in [5.41, 5.74) is 3.50. The van der Waals surface area contributed by atoms with Crippen LogP contribution >= 0.6 is 23.8 Å². The molecule has 9 heteroatoms. The predicted octanol–water partition coefficient (Wildman–Crippen LogP) is 4.81. The third-order valence-corrected chi connectivity index (χ3v) is 6.63. The fourth-order valence-corrected chi connectivity index (χ4v) is 4.47. The first-order valence-electron chi connectivity index (χ1n) is 11.6. The highest BCUT2D eigenvalue weighted by atomic mass is 35.5. The summed E-state index contributed by atoms with van der Waals surface area (Å²) in [6.45, 7) is 4.68. The fourth-order valence-electron chi connectivity index (χ4n) is 4.06. The molecule has 188 valence electrons. The number of nitrogens with one attached hydrogen (secondary N) is 2. The van der Waals surface area contributed by atoms with Crippen LogP contribution in [0.1, 0.15) is 15.9 Å². The Morgan fingerprint density at radius 2 is 1.58 bits per heavy atom. The normalized spacial score (nSPS) is 13.7. The van der Waals surface area contributed by atoms with E-state index in [9.17, 15) is 4.79 Å². The topological polar surface area (TPSA) is 66.1 Å². The first-order valence-corrected chi connectivity index (χ1v) is 12.4. The van der Waals surface area contributed by atoms with Crippen LogP contribution in [-0.2, 0) is 6.54 Å². The largest absolute Gasteiger partial charge is 0.497 e. The van der Waals surface area contributed by atoms with Crippen LogP contribution in [-0.4, -0.2) is 56.3 Å². The number of piperazine rings is 1. The number of ether oxygens (including phenoxy) is 2. The van der Waals surface area contributed by atoms with E-state index < -0.39 is 0 Å². The first-order chi connectivity index (χ1) is 17.4. The number of anilines is 2. The Labute approximate surface area is 221 Å². The standard InChI is InChI=1S/C27H29ClN4O3S/c1-34-23-15-20(16-24(17-23)35-2)26(33)30-27(36)29-21-7-9-22(10-8-21)32-13-11-31(12-14-32)18-19-5-3-4-6-25(19)28/h3-10,15-17H,11-14,18H2,1-2H3,(H2,29,30,33,36). The van der Waals surface area contributed by atoms with Crippen molar-refractivity contribution in [2.75, 3.05) is 50.6 Å². The number of benzene rings is 3. The molecular formula is C27H29ClN4O3S. The number of carbonyl (C=O) groups excluding carboxylic acids is 1. The number of nitrogens with zero attached hydrogens (tertiary/aromatic N) is 2. The van der Waals surface area contributed by atoms with Crippen molar-refractivity contribution in [1.29, 1.82) is 0 Å². The van der Waals surface area contributed by atoms with Crippen molar-refractivity contribution in [3.8, 4) is 11.5 Å². The second-order valence-corrected chi connectivity index (χ2v) is 9.23. The van der Waals surface area contributed by atoms with E-state index in [0.717, 1.165) is 54.7 Å². The van der Waals surface area contributed by atoms with E-state index in [-0.39, 0.29) is 11.0 Å². The van der Waals surface area contributed by atoms with E-state index in [0.29, 0.717) is 17.1 Å². The van der Waals surface area contributed by atoms with Crippen molar-refractivity contribution in [1.82, 2.24) is 10.2 Å². The smallest absolute Gasteiger partial charge is 0.257 e. The molecule has 3 aromatic carbocycles. The summed E-state index contributed by atoms with van der Waals surface area (Å²) >= 11 is 11.7. The Bertz CT molecular complexity index is 1190. The summed E-state index contributed by atoms with van der Waals surface area (Å²) in [4.78, 5) is 17.4. The molecule has 7 nitrogen and oxygen atoms in total. The molecule has 3 aromatic rings. The molecule has 4 rings (SSSR count). The molecule has 0 radical (unpaired) electrons. The fraction of sp³-hybridized carbons (Fsp3) is 0.259. The van der Waals surface area contributed by atoms with Gasteiger partial charge in [0.25, 0.3) is 5.91 Å². The molecule has 0 saturated carbocycles. The summed E-state index contributed by atoms with van der Waals surface area (Å²) in [5, 5.41) is 6.80. The lowest BCUT2D eigenvalue weighted by atomic mass is 10.2. The molecule has 36 heavy (non-hydrogen) atoms. The highest BCUT2D eigenvalue weighted by molar-refractivity contribution is 7.80. The van der Waals surface area contributed by atoms with Gasteiger partial charge in [-0.15, -0.1) is 0 Å². The lowest BCUT2D eigenvalue weighted by Crippen LogP contribution is -2.46. The number of hydrogen-bond donors (Lipinski definition) is 2. The second-order valence-electron chi connectivity index (χ2n) is 8.41. The number of halogens is 1. The van der Waals surface area contributed by atoms with Crippen molar-refractivity contribution < 1.29 is 14.3 Å². The van der Waals surface area contributed by atoms with Crippen LogP contribution in [0, 0.1) is 0 Å². The SMILES string of the molecule is COc1cc(OC)cc(C(=O)NC(=S)Nc2ccc(N3CCN(Cc4ccccc4Cl)CC3)cc2)c1. The molecule has 1 saturated heterocycles. The Kier molecular flexibility index (Phi) is 8.64. The lowest BCUT2D eigenvalue weighted by Gasteiger charge is -2.36. The Morgan fingerprint density at radius 3 is 2.19 bits per heavy atom. The van der Waals surface area contributed by atoms with Gasteiger partial charge >= 0.3 is 0 Å². The zero-order valence-electron chi connectivity index (χ0n) is 20.3. The summed E-state index contributed by atoms with van der Waals surface area (Å²) in [5.74, 6) is 0.702. The number of rotatable bonds is 7. The van der Waals surface area contributed by atoms with Crippen LogP contribution in [0.3, 0.4) is 0 Å². The molecule has 0 unspecified atom stereocenters. The Hall–Kier alpha value is -3.33. The van der Waals surface area contributed by atoms with E-state index >= 15 is 0 Å². The monoisotopic (exact) mass is 524 g/mol. The van der Waals surface area contributed by atoms with E-state index in [4.69, 9.17) is 33.3 Å². The predicted molar refractivity (Wildman–Crippen MR) is 149 cm³/mol. The van der Waals surface area contributed by atoms with Crippen molar-refractivity contribution in [2.24, 2.45) is 0 Å². The quantitative estimate of drug-likeness (QED) is 0.430. The van der Waals surface area contributed by atoms with Gasteiger partial charge in [0.15, 0.2) is 5.11 Å². The van der Waals surface area contributed by atoms with E-state index in [1.165, 1.54) is 14.2 Å². The van der Waals surface area contributed by atoms with Gasteiger partial charge in [0.2, 0.25) is 0 Å².